The third kappa shape index (κ3) is 5.68. The number of rotatable bonds is 4. The lowest BCUT2D eigenvalue weighted by molar-refractivity contribution is -0.117. The molecule has 0 unspecified atom stereocenters. The molecule has 3 rings (SSSR count). The molecule has 1 amide bonds. The molecule has 0 bridgehead atoms. The molecule has 0 aliphatic carbocycles. The highest BCUT2D eigenvalue weighted by molar-refractivity contribution is 5.92. The molecule has 156 valence electrons. The number of benzene rings is 2. The van der Waals surface area contributed by atoms with Crippen molar-refractivity contribution in [1.29, 1.82) is 0 Å². The molecule has 1 aliphatic heterocycles. The number of alkyl halides is 1. The van der Waals surface area contributed by atoms with Crippen LogP contribution in [0.2, 0.25) is 0 Å². The Morgan fingerprint density at radius 3 is 2.59 bits per heavy atom. The Balaban J connectivity index is 1.87. The highest BCUT2D eigenvalue weighted by atomic mass is 19.1. The number of ether oxygens (including phenoxy) is 1. The first kappa shape index (κ1) is 21.1. The summed E-state index contributed by atoms with van der Waals surface area (Å²) in [5.74, 6) is 0.160. The van der Waals surface area contributed by atoms with E-state index in [4.69, 9.17) is 4.74 Å². The molecule has 6 heteroatoms. The molecule has 29 heavy (non-hydrogen) atoms. The fourth-order valence-electron chi connectivity index (χ4n) is 3.38. The summed E-state index contributed by atoms with van der Waals surface area (Å²) in [5, 5.41) is 2.95. The first-order valence-electron chi connectivity index (χ1n) is 9.81. The fraction of sp³-hybridized carbons (Fsp3) is 0.435. The van der Waals surface area contributed by atoms with E-state index in [0.29, 0.717) is 24.4 Å². The summed E-state index contributed by atoms with van der Waals surface area (Å²) in [6.07, 6.45) is -0.754. The molecule has 2 aromatic rings. The van der Waals surface area contributed by atoms with Gasteiger partial charge in [0.05, 0.1) is 12.2 Å². The van der Waals surface area contributed by atoms with Gasteiger partial charge in [0, 0.05) is 24.7 Å². The van der Waals surface area contributed by atoms with Crippen LogP contribution in [-0.4, -0.2) is 25.2 Å². The Morgan fingerprint density at radius 2 is 1.93 bits per heavy atom. The largest absolute Gasteiger partial charge is 0.488 e. The third-order valence-electron chi connectivity index (χ3n) is 4.74. The average molecular weight is 402 g/mol. The van der Waals surface area contributed by atoms with Gasteiger partial charge in [-0.3, -0.25) is 4.79 Å². The number of carbonyl (C=O) groups is 1. The molecule has 0 saturated carbocycles. The minimum absolute atomic E-state index is 0.0502. The van der Waals surface area contributed by atoms with E-state index in [1.165, 1.54) is 12.1 Å². The molecule has 0 fully saturated rings. The predicted molar refractivity (Wildman–Crippen MR) is 112 cm³/mol. The number of anilines is 2. The van der Waals surface area contributed by atoms with Gasteiger partial charge in [-0.25, -0.2) is 8.78 Å². The van der Waals surface area contributed by atoms with Crippen LogP contribution in [0.25, 0.3) is 0 Å². The summed E-state index contributed by atoms with van der Waals surface area (Å²) in [6.45, 7) is 8.49. The van der Waals surface area contributed by atoms with Crippen LogP contribution in [0.4, 0.5) is 20.2 Å². The molecule has 4 nitrogen and oxygen atoms in total. The molecular formula is C23H28F2N2O2. The Morgan fingerprint density at radius 1 is 1.24 bits per heavy atom. The van der Waals surface area contributed by atoms with Gasteiger partial charge in [0.25, 0.3) is 0 Å². The molecule has 0 radical (unpaired) electrons. The topological polar surface area (TPSA) is 41.6 Å². The Hall–Kier alpha value is -2.63. The maximum absolute atomic E-state index is 14.3. The molecule has 0 aromatic heterocycles. The van der Waals surface area contributed by atoms with Crippen LogP contribution in [-0.2, 0) is 11.3 Å². The van der Waals surface area contributed by atoms with Gasteiger partial charge in [-0.15, -0.1) is 0 Å². The second-order valence-electron chi connectivity index (χ2n) is 8.84. The molecule has 1 N–H and O–H groups in total. The van der Waals surface area contributed by atoms with Gasteiger partial charge in [-0.1, -0.05) is 32.9 Å². The maximum atomic E-state index is 14.3. The van der Waals surface area contributed by atoms with Gasteiger partial charge in [-0.05, 0) is 41.7 Å². The molecule has 1 heterocycles. The molecule has 0 spiro atoms. The van der Waals surface area contributed by atoms with Crippen LogP contribution in [0, 0.1) is 18.2 Å². The standard InChI is InChI=1S/C23H28F2N2O2/c1-15-9-20-21(10-19(15)26-22(28)11-23(2,3)4)29-14-18(25)13-27(20)12-16-5-7-17(24)8-6-16/h5-10,18H,11-14H2,1-4H3,(H,26,28)/t18-/m0/s1. The molecule has 1 aliphatic rings. The van der Waals surface area contributed by atoms with Crippen molar-refractivity contribution >= 4 is 17.3 Å². The van der Waals surface area contributed by atoms with E-state index in [1.807, 2.05) is 38.7 Å². The van der Waals surface area contributed by atoms with Gasteiger partial charge >= 0.3 is 0 Å². The lowest BCUT2D eigenvalue weighted by Crippen LogP contribution is -2.30. The van der Waals surface area contributed by atoms with Gasteiger partial charge in [-0.2, -0.15) is 0 Å². The molecule has 0 saturated heterocycles. The number of amides is 1. The van der Waals surface area contributed by atoms with Crippen LogP contribution >= 0.6 is 0 Å². The van der Waals surface area contributed by atoms with Crippen molar-refractivity contribution in [1.82, 2.24) is 0 Å². The lowest BCUT2D eigenvalue weighted by Gasteiger charge is -2.26. The zero-order chi connectivity index (χ0) is 21.2. The van der Waals surface area contributed by atoms with E-state index in [-0.39, 0.29) is 30.3 Å². The SMILES string of the molecule is Cc1cc2c(cc1NC(=O)CC(C)(C)C)OC[C@@H](F)CN2Cc1ccc(F)cc1. The number of nitrogens with one attached hydrogen (secondary N) is 1. The fourth-order valence-corrected chi connectivity index (χ4v) is 3.38. The van der Waals surface area contributed by atoms with Crippen LogP contribution in [0.3, 0.4) is 0 Å². The van der Waals surface area contributed by atoms with Crippen molar-refractivity contribution in [2.75, 3.05) is 23.4 Å². The normalized spacial score (nSPS) is 16.6. The van der Waals surface area contributed by atoms with E-state index in [1.54, 1.807) is 18.2 Å². The smallest absolute Gasteiger partial charge is 0.224 e. The highest BCUT2D eigenvalue weighted by Gasteiger charge is 2.25. The second-order valence-corrected chi connectivity index (χ2v) is 8.84. The number of aryl methyl sites for hydroxylation is 1. The Kier molecular flexibility index (Phi) is 6.10. The number of carbonyl (C=O) groups excluding carboxylic acids is 1. The molecule has 1 atom stereocenters. The van der Waals surface area contributed by atoms with Gasteiger partial charge in [0.15, 0.2) is 6.17 Å². The van der Waals surface area contributed by atoms with Gasteiger partial charge < -0.3 is 15.0 Å². The van der Waals surface area contributed by atoms with Gasteiger partial charge in [0.2, 0.25) is 5.91 Å². The summed E-state index contributed by atoms with van der Waals surface area (Å²) < 4.78 is 33.2. The highest BCUT2D eigenvalue weighted by Crippen LogP contribution is 2.37. The van der Waals surface area contributed by atoms with Crippen molar-refractivity contribution in [3.63, 3.8) is 0 Å². The number of fused-ring (bicyclic) bond motifs is 1. The van der Waals surface area contributed by atoms with Crippen LogP contribution in [0.15, 0.2) is 36.4 Å². The number of hydrogen-bond donors (Lipinski definition) is 1. The Bertz CT molecular complexity index is 876. The summed E-state index contributed by atoms with van der Waals surface area (Å²) in [4.78, 5) is 14.2. The molecule has 2 aromatic carbocycles. The van der Waals surface area contributed by atoms with Crippen molar-refractivity contribution < 1.29 is 18.3 Å². The average Bonchev–Trinajstić information content (AvgIpc) is 2.75. The summed E-state index contributed by atoms with van der Waals surface area (Å²) in [6, 6.07) is 9.86. The molecular weight excluding hydrogens is 374 g/mol. The van der Waals surface area contributed by atoms with Crippen LogP contribution in [0.5, 0.6) is 5.75 Å². The quantitative estimate of drug-likeness (QED) is 0.760. The lowest BCUT2D eigenvalue weighted by atomic mass is 9.92. The zero-order valence-corrected chi connectivity index (χ0v) is 17.4. The monoisotopic (exact) mass is 402 g/mol. The minimum Gasteiger partial charge on any atom is -0.488 e. The minimum atomic E-state index is -1.15. The van der Waals surface area contributed by atoms with E-state index in [2.05, 4.69) is 5.32 Å². The first-order chi connectivity index (χ1) is 13.6. The maximum Gasteiger partial charge on any atom is 0.224 e. The van der Waals surface area contributed by atoms with E-state index in [9.17, 15) is 13.6 Å². The summed E-state index contributed by atoms with van der Waals surface area (Å²) in [7, 11) is 0. The van der Waals surface area contributed by atoms with E-state index in [0.717, 1.165) is 16.8 Å². The van der Waals surface area contributed by atoms with Crippen molar-refractivity contribution in [3.05, 3.63) is 53.3 Å². The predicted octanol–water partition coefficient (Wildman–Crippen LogP) is 5.25. The zero-order valence-electron chi connectivity index (χ0n) is 17.4. The second kappa shape index (κ2) is 8.39. The summed E-state index contributed by atoms with van der Waals surface area (Å²) in [5.41, 5.74) is 3.06. The van der Waals surface area contributed by atoms with Crippen LogP contribution in [0.1, 0.15) is 38.3 Å². The van der Waals surface area contributed by atoms with Crippen molar-refractivity contribution in [2.45, 2.75) is 46.8 Å². The van der Waals surface area contributed by atoms with Crippen molar-refractivity contribution in [2.24, 2.45) is 5.41 Å². The number of halogens is 2. The van der Waals surface area contributed by atoms with Crippen LogP contribution < -0.4 is 15.0 Å². The van der Waals surface area contributed by atoms with E-state index < -0.39 is 6.17 Å². The third-order valence-corrected chi connectivity index (χ3v) is 4.74. The summed E-state index contributed by atoms with van der Waals surface area (Å²) >= 11 is 0. The Labute approximate surface area is 170 Å². The van der Waals surface area contributed by atoms with Crippen molar-refractivity contribution in [3.8, 4) is 5.75 Å². The first-order valence-corrected chi connectivity index (χ1v) is 9.81. The number of hydrogen-bond acceptors (Lipinski definition) is 3. The van der Waals surface area contributed by atoms with Gasteiger partial charge in [0.1, 0.15) is 18.2 Å². The van der Waals surface area contributed by atoms with E-state index >= 15 is 0 Å². The number of nitrogens with zero attached hydrogens (tertiary/aromatic N) is 1.